The minimum Gasteiger partial charge on any atom is -0.454 e. The maximum absolute atomic E-state index is 5.38. The maximum Gasteiger partial charge on any atom is 0.231 e. The second kappa shape index (κ2) is 8.15. The summed E-state index contributed by atoms with van der Waals surface area (Å²) in [5, 5.41) is 3.50. The van der Waals surface area contributed by atoms with Gasteiger partial charge in [-0.3, -0.25) is 0 Å². The van der Waals surface area contributed by atoms with Gasteiger partial charge in [-0.15, -0.1) is 0 Å². The molecule has 3 heteroatoms. The van der Waals surface area contributed by atoms with Crippen LogP contribution in [0, 0.1) is 5.92 Å². The minimum atomic E-state index is 0.350. The molecule has 0 radical (unpaired) electrons. The van der Waals surface area contributed by atoms with Crippen LogP contribution in [0.15, 0.2) is 18.2 Å². The van der Waals surface area contributed by atoms with E-state index in [1.807, 2.05) is 6.07 Å². The van der Waals surface area contributed by atoms with Crippen molar-refractivity contribution in [3.8, 4) is 11.5 Å². The topological polar surface area (TPSA) is 30.5 Å². The molecule has 0 aliphatic carbocycles. The molecule has 0 aromatic heterocycles. The highest BCUT2D eigenvalue weighted by Crippen LogP contribution is 2.32. The molecule has 0 amide bonds. The van der Waals surface area contributed by atoms with Gasteiger partial charge in [0.25, 0.3) is 0 Å². The van der Waals surface area contributed by atoms with Gasteiger partial charge in [-0.1, -0.05) is 45.6 Å². The zero-order valence-corrected chi connectivity index (χ0v) is 12.8. The Kier molecular flexibility index (Phi) is 6.19. The fourth-order valence-electron chi connectivity index (χ4n) is 2.44. The molecule has 1 aromatic carbocycles. The van der Waals surface area contributed by atoms with Crippen LogP contribution >= 0.6 is 0 Å². The van der Waals surface area contributed by atoms with Crippen LogP contribution in [0.5, 0.6) is 11.5 Å². The third-order valence-corrected chi connectivity index (χ3v) is 3.65. The number of ether oxygens (including phenoxy) is 2. The fourth-order valence-corrected chi connectivity index (χ4v) is 2.44. The van der Waals surface area contributed by atoms with E-state index >= 15 is 0 Å². The summed E-state index contributed by atoms with van der Waals surface area (Å²) in [6, 6.07) is 6.16. The molecule has 1 aliphatic heterocycles. The molecule has 2 rings (SSSR count). The van der Waals surface area contributed by atoms with Crippen molar-refractivity contribution in [2.24, 2.45) is 5.92 Å². The van der Waals surface area contributed by atoms with Crippen molar-refractivity contribution in [3.63, 3.8) is 0 Å². The molecule has 0 bridgehead atoms. The standard InChI is InChI=1S/C17H27NO2/c1-14(2)7-5-3-4-6-10-18-12-15-8-9-16-17(11-15)20-13-19-16/h8-9,11,14,18H,3-7,10,12-13H2,1-2H3. The smallest absolute Gasteiger partial charge is 0.231 e. The maximum atomic E-state index is 5.38. The number of hydrogen-bond acceptors (Lipinski definition) is 3. The summed E-state index contributed by atoms with van der Waals surface area (Å²) in [4.78, 5) is 0. The molecular formula is C17H27NO2. The van der Waals surface area contributed by atoms with Gasteiger partial charge in [0.05, 0.1) is 0 Å². The van der Waals surface area contributed by atoms with Gasteiger partial charge in [0.1, 0.15) is 0 Å². The SMILES string of the molecule is CC(C)CCCCCCNCc1ccc2c(c1)OCO2. The van der Waals surface area contributed by atoms with E-state index in [0.717, 1.165) is 30.5 Å². The van der Waals surface area contributed by atoms with Gasteiger partial charge in [-0.2, -0.15) is 0 Å². The normalized spacial score (nSPS) is 13.2. The summed E-state index contributed by atoms with van der Waals surface area (Å²) < 4.78 is 10.7. The van der Waals surface area contributed by atoms with Crippen molar-refractivity contribution in [2.45, 2.75) is 52.5 Å². The van der Waals surface area contributed by atoms with Crippen molar-refractivity contribution in [1.29, 1.82) is 0 Å². The molecule has 0 saturated carbocycles. The van der Waals surface area contributed by atoms with Gasteiger partial charge < -0.3 is 14.8 Å². The molecule has 1 heterocycles. The lowest BCUT2D eigenvalue weighted by Crippen LogP contribution is -2.14. The predicted molar refractivity (Wildman–Crippen MR) is 82.2 cm³/mol. The number of benzene rings is 1. The Labute approximate surface area is 122 Å². The summed E-state index contributed by atoms with van der Waals surface area (Å²) in [7, 11) is 0. The largest absolute Gasteiger partial charge is 0.454 e. The van der Waals surface area contributed by atoms with Crippen LogP contribution in [-0.4, -0.2) is 13.3 Å². The lowest BCUT2D eigenvalue weighted by molar-refractivity contribution is 0.174. The van der Waals surface area contributed by atoms with E-state index in [2.05, 4.69) is 31.3 Å². The summed E-state index contributed by atoms with van der Waals surface area (Å²) in [5.41, 5.74) is 1.26. The van der Waals surface area contributed by atoms with E-state index < -0.39 is 0 Å². The first-order valence-electron chi connectivity index (χ1n) is 7.85. The van der Waals surface area contributed by atoms with Gasteiger partial charge in [0.15, 0.2) is 11.5 Å². The molecular weight excluding hydrogens is 250 g/mol. The average molecular weight is 277 g/mol. The van der Waals surface area contributed by atoms with Gasteiger partial charge >= 0.3 is 0 Å². The van der Waals surface area contributed by atoms with Crippen LogP contribution in [0.25, 0.3) is 0 Å². The lowest BCUT2D eigenvalue weighted by atomic mass is 10.0. The predicted octanol–water partition coefficient (Wildman–Crippen LogP) is 4.11. The van der Waals surface area contributed by atoms with Gasteiger partial charge in [0.2, 0.25) is 6.79 Å². The monoisotopic (exact) mass is 277 g/mol. The Morgan fingerprint density at radius 2 is 1.85 bits per heavy atom. The highest BCUT2D eigenvalue weighted by molar-refractivity contribution is 5.44. The van der Waals surface area contributed by atoms with E-state index in [9.17, 15) is 0 Å². The number of fused-ring (bicyclic) bond motifs is 1. The van der Waals surface area contributed by atoms with E-state index in [1.54, 1.807) is 0 Å². The molecule has 3 nitrogen and oxygen atoms in total. The van der Waals surface area contributed by atoms with Crippen LogP contribution in [-0.2, 0) is 6.54 Å². The number of nitrogens with one attached hydrogen (secondary N) is 1. The number of unbranched alkanes of at least 4 members (excludes halogenated alkanes) is 3. The molecule has 112 valence electrons. The Balaban J connectivity index is 1.53. The summed E-state index contributed by atoms with van der Waals surface area (Å²) in [6.45, 7) is 6.95. The first-order valence-corrected chi connectivity index (χ1v) is 7.85. The van der Waals surface area contributed by atoms with Crippen molar-refractivity contribution in [1.82, 2.24) is 5.32 Å². The molecule has 1 aliphatic rings. The quantitative estimate of drug-likeness (QED) is 0.689. The first-order chi connectivity index (χ1) is 9.75. The Hall–Kier alpha value is -1.22. The Morgan fingerprint density at radius 1 is 1.05 bits per heavy atom. The minimum absolute atomic E-state index is 0.350. The lowest BCUT2D eigenvalue weighted by Gasteiger charge is -2.07. The zero-order chi connectivity index (χ0) is 14.2. The number of rotatable bonds is 9. The zero-order valence-electron chi connectivity index (χ0n) is 12.8. The van der Waals surface area contributed by atoms with Crippen molar-refractivity contribution < 1.29 is 9.47 Å². The van der Waals surface area contributed by atoms with Crippen LogP contribution < -0.4 is 14.8 Å². The average Bonchev–Trinajstić information content (AvgIpc) is 2.89. The highest BCUT2D eigenvalue weighted by atomic mass is 16.7. The van der Waals surface area contributed by atoms with Gasteiger partial charge in [-0.05, 0) is 36.6 Å². The molecule has 0 fully saturated rings. The van der Waals surface area contributed by atoms with E-state index in [1.165, 1.54) is 37.7 Å². The van der Waals surface area contributed by atoms with Crippen LogP contribution in [0.2, 0.25) is 0 Å². The highest BCUT2D eigenvalue weighted by Gasteiger charge is 2.12. The second-order valence-electron chi connectivity index (χ2n) is 5.96. The summed E-state index contributed by atoms with van der Waals surface area (Å²) in [5.74, 6) is 2.58. The van der Waals surface area contributed by atoms with Gasteiger partial charge in [0, 0.05) is 6.54 Å². The molecule has 1 aromatic rings. The molecule has 0 saturated heterocycles. The van der Waals surface area contributed by atoms with Crippen molar-refractivity contribution >= 4 is 0 Å². The van der Waals surface area contributed by atoms with E-state index in [4.69, 9.17) is 9.47 Å². The van der Waals surface area contributed by atoms with Gasteiger partial charge in [-0.25, -0.2) is 0 Å². The molecule has 1 N–H and O–H groups in total. The fraction of sp³-hybridized carbons (Fsp3) is 0.647. The summed E-state index contributed by atoms with van der Waals surface area (Å²) >= 11 is 0. The second-order valence-corrected chi connectivity index (χ2v) is 5.96. The Bertz CT molecular complexity index is 404. The Morgan fingerprint density at radius 3 is 2.70 bits per heavy atom. The molecule has 0 spiro atoms. The third-order valence-electron chi connectivity index (χ3n) is 3.65. The third kappa shape index (κ3) is 5.04. The molecule has 0 atom stereocenters. The first kappa shape index (κ1) is 15.2. The van der Waals surface area contributed by atoms with Crippen molar-refractivity contribution in [2.75, 3.05) is 13.3 Å². The molecule has 20 heavy (non-hydrogen) atoms. The van der Waals surface area contributed by atoms with E-state index in [0.29, 0.717) is 6.79 Å². The van der Waals surface area contributed by atoms with Crippen LogP contribution in [0.4, 0.5) is 0 Å². The van der Waals surface area contributed by atoms with Crippen LogP contribution in [0.3, 0.4) is 0 Å². The molecule has 0 unspecified atom stereocenters. The van der Waals surface area contributed by atoms with Crippen LogP contribution in [0.1, 0.15) is 51.5 Å². The summed E-state index contributed by atoms with van der Waals surface area (Å²) in [6.07, 6.45) is 6.71. The van der Waals surface area contributed by atoms with Crippen molar-refractivity contribution in [3.05, 3.63) is 23.8 Å². The number of hydrogen-bond donors (Lipinski definition) is 1. The van der Waals surface area contributed by atoms with E-state index in [-0.39, 0.29) is 0 Å².